The van der Waals surface area contributed by atoms with Gasteiger partial charge < -0.3 is 10.2 Å². The lowest BCUT2D eigenvalue weighted by atomic mass is 10.1. The zero-order chi connectivity index (χ0) is 22.4. The Labute approximate surface area is 189 Å². The van der Waals surface area contributed by atoms with Crippen molar-refractivity contribution < 1.29 is 4.79 Å². The highest BCUT2D eigenvalue weighted by molar-refractivity contribution is 7.16. The van der Waals surface area contributed by atoms with E-state index in [2.05, 4.69) is 22.1 Å². The van der Waals surface area contributed by atoms with Gasteiger partial charge in [0.25, 0.3) is 11.5 Å². The van der Waals surface area contributed by atoms with E-state index in [-0.39, 0.29) is 29.0 Å². The molecule has 0 radical (unpaired) electrons. The number of benzene rings is 1. The highest BCUT2D eigenvalue weighted by Crippen LogP contribution is 2.26. The maximum absolute atomic E-state index is 13.2. The van der Waals surface area contributed by atoms with Gasteiger partial charge in [-0.15, -0.1) is 11.3 Å². The number of carbonyl (C=O) groups excluding carboxylic acids is 1. The third-order valence-electron chi connectivity index (χ3n) is 6.22. The fourth-order valence-electron chi connectivity index (χ4n) is 4.33. The fraction of sp³-hybridized carbons (Fsp3) is 0.304. The molecule has 1 saturated heterocycles. The number of pyridine rings is 1. The highest BCUT2D eigenvalue weighted by atomic mass is 32.1. The highest BCUT2D eigenvalue weighted by Gasteiger charge is 2.33. The standard InChI is InChI=1S/C23H24N6O2S/c1-14-11-28(19-10-9-17-22(26-19)32-13-24-17)12-18(14)25-21(30)20-15(2)27(3)29(23(20)31)16-7-5-4-6-8-16/h4-10,13-14,18H,11-12H2,1-3H3,(H,25,30). The van der Waals surface area contributed by atoms with Crippen molar-refractivity contribution in [2.75, 3.05) is 18.0 Å². The number of anilines is 1. The molecule has 0 aliphatic carbocycles. The summed E-state index contributed by atoms with van der Waals surface area (Å²) < 4.78 is 3.26. The Balaban J connectivity index is 1.38. The van der Waals surface area contributed by atoms with Crippen LogP contribution in [0.4, 0.5) is 5.82 Å². The molecule has 164 valence electrons. The summed E-state index contributed by atoms with van der Waals surface area (Å²) in [5.41, 5.74) is 3.93. The lowest BCUT2D eigenvalue weighted by Crippen LogP contribution is -2.41. The summed E-state index contributed by atoms with van der Waals surface area (Å²) in [6, 6.07) is 13.2. The van der Waals surface area contributed by atoms with Gasteiger partial charge in [0.05, 0.1) is 22.9 Å². The lowest BCUT2D eigenvalue weighted by Gasteiger charge is -2.18. The number of carbonyl (C=O) groups is 1. The van der Waals surface area contributed by atoms with Crippen molar-refractivity contribution in [1.29, 1.82) is 0 Å². The summed E-state index contributed by atoms with van der Waals surface area (Å²) in [5, 5.41) is 3.11. The van der Waals surface area contributed by atoms with Gasteiger partial charge in [0.1, 0.15) is 21.7 Å². The Morgan fingerprint density at radius 3 is 2.72 bits per heavy atom. The second-order valence-electron chi connectivity index (χ2n) is 8.24. The number of thiazole rings is 1. The van der Waals surface area contributed by atoms with Crippen molar-refractivity contribution in [3.05, 3.63) is 69.6 Å². The molecule has 32 heavy (non-hydrogen) atoms. The van der Waals surface area contributed by atoms with E-state index in [4.69, 9.17) is 4.98 Å². The van der Waals surface area contributed by atoms with Gasteiger partial charge in [-0.3, -0.25) is 14.3 Å². The van der Waals surface area contributed by atoms with E-state index < -0.39 is 0 Å². The second-order valence-corrected chi connectivity index (χ2v) is 9.08. The second kappa shape index (κ2) is 7.90. The molecule has 0 spiro atoms. The summed E-state index contributed by atoms with van der Waals surface area (Å²) in [6.07, 6.45) is 0. The third kappa shape index (κ3) is 3.38. The minimum Gasteiger partial charge on any atom is -0.354 e. The molecule has 1 amide bonds. The Morgan fingerprint density at radius 2 is 1.94 bits per heavy atom. The van der Waals surface area contributed by atoms with Gasteiger partial charge in [-0.2, -0.15) is 0 Å². The largest absolute Gasteiger partial charge is 0.354 e. The van der Waals surface area contributed by atoms with E-state index in [9.17, 15) is 9.59 Å². The molecule has 8 nitrogen and oxygen atoms in total. The van der Waals surface area contributed by atoms with E-state index in [0.29, 0.717) is 12.2 Å². The monoisotopic (exact) mass is 448 g/mol. The van der Waals surface area contributed by atoms with Crippen LogP contribution in [0.1, 0.15) is 23.0 Å². The summed E-state index contributed by atoms with van der Waals surface area (Å²) in [5.74, 6) is 0.772. The average Bonchev–Trinajstić information content (AvgIpc) is 3.45. The molecule has 1 aliphatic heterocycles. The molecule has 1 aliphatic rings. The van der Waals surface area contributed by atoms with Crippen LogP contribution in [0.5, 0.6) is 0 Å². The summed E-state index contributed by atoms with van der Waals surface area (Å²) in [7, 11) is 1.79. The van der Waals surface area contributed by atoms with Crippen LogP contribution in [0, 0.1) is 12.8 Å². The Hall–Kier alpha value is -3.46. The predicted molar refractivity (Wildman–Crippen MR) is 126 cm³/mol. The van der Waals surface area contributed by atoms with Gasteiger partial charge in [0.2, 0.25) is 0 Å². The van der Waals surface area contributed by atoms with Gasteiger partial charge in [-0.05, 0) is 37.1 Å². The molecule has 1 N–H and O–H groups in total. The van der Waals surface area contributed by atoms with Crippen LogP contribution >= 0.6 is 11.3 Å². The zero-order valence-corrected chi connectivity index (χ0v) is 19.0. The minimum absolute atomic E-state index is 0.0781. The van der Waals surface area contributed by atoms with Crippen LogP contribution < -0.4 is 15.8 Å². The number of hydrogen-bond donors (Lipinski definition) is 1. The first kappa shape index (κ1) is 20.4. The molecular formula is C23H24N6O2S. The van der Waals surface area contributed by atoms with Crippen LogP contribution in [0.3, 0.4) is 0 Å². The molecule has 4 heterocycles. The maximum Gasteiger partial charge on any atom is 0.284 e. The van der Waals surface area contributed by atoms with Crippen molar-refractivity contribution in [3.63, 3.8) is 0 Å². The fourth-order valence-corrected chi connectivity index (χ4v) is 4.98. The number of amides is 1. The van der Waals surface area contributed by atoms with E-state index in [1.807, 2.05) is 42.5 Å². The first-order valence-corrected chi connectivity index (χ1v) is 11.4. The summed E-state index contributed by atoms with van der Waals surface area (Å²) in [4.78, 5) is 38.4. The minimum atomic E-state index is -0.331. The summed E-state index contributed by atoms with van der Waals surface area (Å²) in [6.45, 7) is 5.33. The number of hydrogen-bond acceptors (Lipinski definition) is 6. The first-order valence-electron chi connectivity index (χ1n) is 10.5. The Bertz CT molecular complexity index is 1360. The number of nitrogens with one attached hydrogen (secondary N) is 1. The van der Waals surface area contributed by atoms with Crippen molar-refractivity contribution in [1.82, 2.24) is 24.6 Å². The first-order chi connectivity index (χ1) is 15.4. The van der Waals surface area contributed by atoms with Gasteiger partial charge in [0, 0.05) is 20.1 Å². The Morgan fingerprint density at radius 1 is 1.16 bits per heavy atom. The molecular weight excluding hydrogens is 424 g/mol. The van der Waals surface area contributed by atoms with E-state index in [1.165, 1.54) is 16.0 Å². The molecule has 0 bridgehead atoms. The molecule has 3 aromatic heterocycles. The maximum atomic E-state index is 13.2. The SMILES string of the molecule is Cc1c(C(=O)NC2CN(c3ccc4ncsc4n3)CC2C)c(=O)n(-c2ccccc2)n1C. The molecule has 9 heteroatoms. The molecule has 0 saturated carbocycles. The van der Waals surface area contributed by atoms with Crippen molar-refractivity contribution in [2.24, 2.45) is 13.0 Å². The quantitative estimate of drug-likeness (QED) is 0.519. The van der Waals surface area contributed by atoms with Gasteiger partial charge in [0.15, 0.2) is 0 Å². The van der Waals surface area contributed by atoms with Gasteiger partial charge in [-0.1, -0.05) is 25.1 Å². The smallest absolute Gasteiger partial charge is 0.284 e. The summed E-state index contributed by atoms with van der Waals surface area (Å²) >= 11 is 1.52. The molecule has 2 atom stereocenters. The molecule has 1 fully saturated rings. The van der Waals surface area contributed by atoms with Crippen LogP contribution in [0.15, 0.2) is 52.8 Å². The molecule has 4 aromatic rings. The molecule has 5 rings (SSSR count). The lowest BCUT2D eigenvalue weighted by molar-refractivity contribution is 0.0931. The van der Waals surface area contributed by atoms with Crippen LogP contribution in [0.25, 0.3) is 16.0 Å². The van der Waals surface area contributed by atoms with Gasteiger partial charge >= 0.3 is 0 Å². The zero-order valence-electron chi connectivity index (χ0n) is 18.1. The van der Waals surface area contributed by atoms with Crippen LogP contribution in [-0.4, -0.2) is 44.4 Å². The topological polar surface area (TPSA) is 85.1 Å². The van der Waals surface area contributed by atoms with Crippen LogP contribution in [-0.2, 0) is 7.05 Å². The number of para-hydroxylation sites is 1. The number of rotatable bonds is 4. The molecule has 2 unspecified atom stereocenters. The van der Waals surface area contributed by atoms with E-state index >= 15 is 0 Å². The molecule has 1 aromatic carbocycles. The van der Waals surface area contributed by atoms with Crippen LogP contribution in [0.2, 0.25) is 0 Å². The number of nitrogens with zero attached hydrogens (tertiary/aromatic N) is 5. The van der Waals surface area contributed by atoms with Crippen molar-refractivity contribution in [3.8, 4) is 5.69 Å². The third-order valence-corrected chi connectivity index (χ3v) is 6.95. The number of fused-ring (bicyclic) bond motifs is 1. The normalized spacial score (nSPS) is 18.4. The predicted octanol–water partition coefficient (Wildman–Crippen LogP) is 2.74. The van der Waals surface area contributed by atoms with Crippen molar-refractivity contribution in [2.45, 2.75) is 19.9 Å². The average molecular weight is 449 g/mol. The van der Waals surface area contributed by atoms with Crippen molar-refractivity contribution >= 4 is 33.4 Å². The number of aromatic nitrogens is 4. The van der Waals surface area contributed by atoms with E-state index in [1.54, 1.807) is 24.2 Å². The Kier molecular flexibility index (Phi) is 5.05. The van der Waals surface area contributed by atoms with E-state index in [0.717, 1.165) is 28.4 Å². The van der Waals surface area contributed by atoms with Gasteiger partial charge in [-0.25, -0.2) is 14.6 Å².